The van der Waals surface area contributed by atoms with Gasteiger partial charge in [0.25, 0.3) is 0 Å². The number of amides is 1. The molecule has 1 saturated heterocycles. The minimum atomic E-state index is -0.946. The molecule has 0 saturated carbocycles. The van der Waals surface area contributed by atoms with Crippen LogP contribution in [0, 0.1) is 5.92 Å². The van der Waals surface area contributed by atoms with Crippen LogP contribution in [-0.2, 0) is 19.1 Å². The summed E-state index contributed by atoms with van der Waals surface area (Å²) in [7, 11) is 0. The quantitative estimate of drug-likeness (QED) is 0.676. The molecule has 1 aromatic carbocycles. The molecular formula is C18H25NO5. The van der Waals surface area contributed by atoms with Crippen LogP contribution < -0.4 is 5.32 Å². The fourth-order valence-corrected chi connectivity index (χ4v) is 2.70. The van der Waals surface area contributed by atoms with Gasteiger partial charge in [-0.15, -0.1) is 0 Å². The topological polar surface area (TPSA) is 84.9 Å². The van der Waals surface area contributed by atoms with E-state index in [1.54, 1.807) is 6.92 Å². The monoisotopic (exact) mass is 335 g/mol. The van der Waals surface area contributed by atoms with Crippen LogP contribution in [0.2, 0.25) is 0 Å². The number of hydrogen-bond acceptors (Lipinski definition) is 4. The Kier molecular flexibility index (Phi) is 7.21. The zero-order valence-electron chi connectivity index (χ0n) is 13.9. The van der Waals surface area contributed by atoms with E-state index in [9.17, 15) is 14.7 Å². The third kappa shape index (κ3) is 5.62. The van der Waals surface area contributed by atoms with Gasteiger partial charge in [-0.3, -0.25) is 9.59 Å². The van der Waals surface area contributed by atoms with E-state index in [-0.39, 0.29) is 18.4 Å². The van der Waals surface area contributed by atoms with Gasteiger partial charge in [0.05, 0.1) is 31.3 Å². The summed E-state index contributed by atoms with van der Waals surface area (Å²) >= 11 is 0. The largest absolute Gasteiger partial charge is 0.481 e. The Morgan fingerprint density at radius 3 is 2.75 bits per heavy atom. The molecule has 1 aliphatic heterocycles. The number of nitrogens with one attached hydrogen (secondary N) is 1. The number of carbonyl (C=O) groups excluding carboxylic acids is 1. The average molecular weight is 335 g/mol. The maximum atomic E-state index is 12.1. The molecule has 0 radical (unpaired) electrons. The van der Waals surface area contributed by atoms with Crippen molar-refractivity contribution in [2.45, 2.75) is 38.3 Å². The molecule has 3 unspecified atom stereocenters. The van der Waals surface area contributed by atoms with Gasteiger partial charge in [-0.05, 0) is 25.3 Å². The molecule has 6 nitrogen and oxygen atoms in total. The summed E-state index contributed by atoms with van der Waals surface area (Å²) in [5.41, 5.74) is 0.779. The van der Waals surface area contributed by atoms with Crippen molar-refractivity contribution in [2.75, 3.05) is 19.8 Å². The van der Waals surface area contributed by atoms with Gasteiger partial charge in [0.1, 0.15) is 0 Å². The molecule has 24 heavy (non-hydrogen) atoms. The second-order valence-electron chi connectivity index (χ2n) is 6.04. The lowest BCUT2D eigenvalue weighted by Gasteiger charge is -2.23. The summed E-state index contributed by atoms with van der Waals surface area (Å²) < 4.78 is 10.9. The summed E-state index contributed by atoms with van der Waals surface area (Å²) in [6.45, 7) is 3.17. The smallest absolute Gasteiger partial charge is 0.308 e. The second kappa shape index (κ2) is 9.39. The van der Waals surface area contributed by atoms with E-state index in [0.717, 1.165) is 25.0 Å². The van der Waals surface area contributed by atoms with E-state index >= 15 is 0 Å². The lowest BCUT2D eigenvalue weighted by atomic mass is 9.94. The van der Waals surface area contributed by atoms with Crippen molar-refractivity contribution < 1.29 is 24.2 Å². The van der Waals surface area contributed by atoms with E-state index in [2.05, 4.69) is 5.32 Å². The van der Waals surface area contributed by atoms with Crippen molar-refractivity contribution >= 4 is 11.9 Å². The van der Waals surface area contributed by atoms with Crippen LogP contribution in [0.25, 0.3) is 0 Å². The molecule has 6 heteroatoms. The van der Waals surface area contributed by atoms with Crippen molar-refractivity contribution in [2.24, 2.45) is 5.92 Å². The predicted octanol–water partition coefficient (Wildman–Crippen LogP) is 2.15. The summed E-state index contributed by atoms with van der Waals surface area (Å²) in [4.78, 5) is 23.4. The molecule has 132 valence electrons. The molecule has 2 N–H and O–H groups in total. The van der Waals surface area contributed by atoms with Gasteiger partial charge >= 0.3 is 5.97 Å². The van der Waals surface area contributed by atoms with Gasteiger partial charge in [-0.25, -0.2) is 0 Å². The van der Waals surface area contributed by atoms with Crippen molar-refractivity contribution in [3.8, 4) is 0 Å². The molecule has 1 aliphatic rings. The summed E-state index contributed by atoms with van der Waals surface area (Å²) in [6.07, 6.45) is 2.39. The highest BCUT2D eigenvalue weighted by Crippen LogP contribution is 2.22. The van der Waals surface area contributed by atoms with Crippen molar-refractivity contribution in [1.82, 2.24) is 5.32 Å². The van der Waals surface area contributed by atoms with Gasteiger partial charge in [0, 0.05) is 13.0 Å². The average Bonchev–Trinajstić information content (AvgIpc) is 3.10. The third-order valence-corrected chi connectivity index (χ3v) is 4.17. The van der Waals surface area contributed by atoms with Gasteiger partial charge < -0.3 is 19.9 Å². The van der Waals surface area contributed by atoms with Crippen molar-refractivity contribution in [1.29, 1.82) is 0 Å². The number of carboxylic acid groups (broad SMARTS) is 1. The lowest BCUT2D eigenvalue weighted by molar-refractivity contribution is -0.142. The zero-order valence-corrected chi connectivity index (χ0v) is 13.9. The number of hydrogen-bond donors (Lipinski definition) is 2. The van der Waals surface area contributed by atoms with Crippen LogP contribution in [0.15, 0.2) is 30.3 Å². The second-order valence-corrected chi connectivity index (χ2v) is 6.04. The molecule has 1 heterocycles. The molecule has 0 aliphatic carbocycles. The maximum Gasteiger partial charge on any atom is 0.308 e. The summed E-state index contributed by atoms with van der Waals surface area (Å²) in [5, 5.41) is 12.1. The first kappa shape index (κ1) is 18.4. The number of ether oxygens (including phenoxy) is 2. The van der Waals surface area contributed by atoms with Crippen LogP contribution in [0.1, 0.15) is 37.8 Å². The zero-order chi connectivity index (χ0) is 17.4. The van der Waals surface area contributed by atoms with Crippen LogP contribution in [0.5, 0.6) is 0 Å². The highest BCUT2D eigenvalue weighted by atomic mass is 16.5. The predicted molar refractivity (Wildman–Crippen MR) is 88.5 cm³/mol. The summed E-state index contributed by atoms with van der Waals surface area (Å²) in [5.74, 6) is -1.88. The Bertz CT molecular complexity index is 527. The minimum absolute atomic E-state index is 0.136. The fourth-order valence-electron chi connectivity index (χ4n) is 2.70. The molecular weight excluding hydrogens is 310 g/mol. The fraction of sp³-hybridized carbons (Fsp3) is 0.556. The first-order chi connectivity index (χ1) is 11.6. The first-order valence-electron chi connectivity index (χ1n) is 8.34. The molecule has 2 rings (SSSR count). The van der Waals surface area contributed by atoms with E-state index in [1.165, 1.54) is 0 Å². The molecule has 3 atom stereocenters. The van der Waals surface area contributed by atoms with Crippen LogP contribution >= 0.6 is 0 Å². The highest BCUT2D eigenvalue weighted by molar-refractivity contribution is 5.78. The Labute approximate surface area is 142 Å². The van der Waals surface area contributed by atoms with Crippen molar-refractivity contribution in [3.63, 3.8) is 0 Å². The Morgan fingerprint density at radius 2 is 2.12 bits per heavy atom. The normalized spacial score (nSPS) is 19.6. The Hall–Kier alpha value is -1.92. The highest BCUT2D eigenvalue weighted by Gasteiger charge is 2.26. The molecule has 1 fully saturated rings. The van der Waals surface area contributed by atoms with Crippen LogP contribution in [0.3, 0.4) is 0 Å². The van der Waals surface area contributed by atoms with E-state index in [4.69, 9.17) is 9.47 Å². The van der Waals surface area contributed by atoms with Gasteiger partial charge in [-0.1, -0.05) is 30.3 Å². The van der Waals surface area contributed by atoms with Crippen LogP contribution in [-0.4, -0.2) is 42.9 Å². The number of carboxylic acids is 1. The molecule has 0 bridgehead atoms. The van der Waals surface area contributed by atoms with E-state index in [1.807, 2.05) is 30.3 Å². The van der Waals surface area contributed by atoms with Gasteiger partial charge in [0.2, 0.25) is 5.91 Å². The molecule has 0 aromatic heterocycles. The lowest BCUT2D eigenvalue weighted by Crippen LogP contribution is -2.36. The van der Waals surface area contributed by atoms with Crippen molar-refractivity contribution in [3.05, 3.63) is 35.9 Å². The first-order valence-corrected chi connectivity index (χ1v) is 8.34. The maximum absolute atomic E-state index is 12.1. The van der Waals surface area contributed by atoms with Gasteiger partial charge in [-0.2, -0.15) is 0 Å². The van der Waals surface area contributed by atoms with E-state index < -0.39 is 17.9 Å². The molecule has 1 aromatic rings. The number of carbonyl (C=O) groups is 2. The number of aliphatic carboxylic acids is 1. The summed E-state index contributed by atoms with van der Waals surface area (Å²) in [6, 6.07) is 8.58. The van der Waals surface area contributed by atoms with Gasteiger partial charge in [0.15, 0.2) is 0 Å². The van der Waals surface area contributed by atoms with E-state index in [0.29, 0.717) is 13.2 Å². The Morgan fingerprint density at radius 1 is 1.38 bits per heavy atom. The molecule has 0 spiro atoms. The SMILES string of the molecule is CC(C(=O)O)C(NC(=O)CCOCC1CCCO1)c1ccccc1. The van der Waals surface area contributed by atoms with Crippen LogP contribution in [0.4, 0.5) is 0 Å². The number of benzene rings is 1. The molecule has 1 amide bonds. The standard InChI is InChI=1S/C18H25NO5/c1-13(18(21)22)17(14-6-3-2-4-7-14)19-16(20)9-11-23-12-15-8-5-10-24-15/h2-4,6-7,13,15,17H,5,8-12H2,1H3,(H,19,20)(H,21,22). The third-order valence-electron chi connectivity index (χ3n) is 4.17. The minimum Gasteiger partial charge on any atom is -0.481 e. The number of rotatable bonds is 9. The Balaban J connectivity index is 1.82.